The van der Waals surface area contributed by atoms with E-state index in [1.165, 1.54) is 38.8 Å². The molecule has 0 bridgehead atoms. The topological polar surface area (TPSA) is 27.0 Å². The fourth-order valence-electron chi connectivity index (χ4n) is 2.82. The van der Waals surface area contributed by atoms with Gasteiger partial charge < -0.3 is 4.90 Å². The van der Waals surface area contributed by atoms with Crippen molar-refractivity contribution in [3.05, 3.63) is 0 Å². The molecule has 1 aliphatic carbocycles. The van der Waals surface area contributed by atoms with E-state index in [-0.39, 0.29) is 5.41 Å². The van der Waals surface area contributed by atoms with Crippen molar-refractivity contribution in [1.29, 1.82) is 5.26 Å². The molecule has 0 unspecified atom stereocenters. The largest absolute Gasteiger partial charge is 0.300 e. The van der Waals surface area contributed by atoms with Crippen molar-refractivity contribution in [2.24, 2.45) is 5.41 Å². The molecule has 0 aromatic carbocycles. The Bertz CT molecular complexity index is 227. The fraction of sp³-hybridized carbons (Fsp3) is 0.917. The third-order valence-electron chi connectivity index (χ3n) is 3.99. The maximum atomic E-state index is 9.04. The normalized spacial score (nSPS) is 39.6. The van der Waals surface area contributed by atoms with Crippen LogP contribution in [-0.2, 0) is 0 Å². The summed E-state index contributed by atoms with van der Waals surface area (Å²) in [7, 11) is 0. The number of hydrogen-bond acceptors (Lipinski definition) is 2. The molecule has 2 heteroatoms. The maximum Gasteiger partial charge on any atom is 0.0686 e. The average Bonchev–Trinajstić information content (AvgIpc) is 2.72. The minimum atomic E-state index is -0.0176. The molecule has 14 heavy (non-hydrogen) atoms. The quantitative estimate of drug-likeness (QED) is 0.638. The highest BCUT2D eigenvalue weighted by molar-refractivity contribution is 5.00. The molecule has 2 fully saturated rings. The molecule has 0 aromatic heterocycles. The Morgan fingerprint density at radius 2 is 1.79 bits per heavy atom. The lowest BCUT2D eigenvalue weighted by Crippen LogP contribution is -2.38. The summed E-state index contributed by atoms with van der Waals surface area (Å²) in [6, 6.07) is 3.26. The van der Waals surface area contributed by atoms with Crippen molar-refractivity contribution in [2.75, 3.05) is 13.1 Å². The molecule has 2 aliphatic rings. The van der Waals surface area contributed by atoms with Gasteiger partial charge >= 0.3 is 0 Å². The second-order valence-corrected chi connectivity index (χ2v) is 5.15. The number of hydrogen-bond donors (Lipinski definition) is 0. The zero-order valence-corrected chi connectivity index (χ0v) is 9.13. The van der Waals surface area contributed by atoms with Gasteiger partial charge in [-0.2, -0.15) is 5.26 Å². The van der Waals surface area contributed by atoms with Gasteiger partial charge in [0.1, 0.15) is 0 Å². The first-order valence-electron chi connectivity index (χ1n) is 5.89. The van der Waals surface area contributed by atoms with Gasteiger partial charge in [0.2, 0.25) is 0 Å². The molecular formula is C12H20N2. The summed E-state index contributed by atoms with van der Waals surface area (Å²) < 4.78 is 0. The van der Waals surface area contributed by atoms with Crippen LogP contribution in [0.5, 0.6) is 0 Å². The van der Waals surface area contributed by atoms with Crippen LogP contribution in [0.2, 0.25) is 0 Å². The van der Waals surface area contributed by atoms with E-state index in [0.717, 1.165) is 18.9 Å². The van der Waals surface area contributed by atoms with Crippen LogP contribution in [0.1, 0.15) is 45.4 Å². The summed E-state index contributed by atoms with van der Waals surface area (Å²) in [5.41, 5.74) is -0.0176. The van der Waals surface area contributed by atoms with Crippen LogP contribution in [0, 0.1) is 16.7 Å². The Morgan fingerprint density at radius 1 is 1.21 bits per heavy atom. The highest BCUT2D eigenvalue weighted by Gasteiger charge is 2.33. The molecule has 0 amide bonds. The van der Waals surface area contributed by atoms with Crippen molar-refractivity contribution < 1.29 is 0 Å². The highest BCUT2D eigenvalue weighted by Crippen LogP contribution is 2.37. The average molecular weight is 192 g/mol. The van der Waals surface area contributed by atoms with Crippen molar-refractivity contribution in [2.45, 2.75) is 51.5 Å². The lowest BCUT2D eigenvalue weighted by Gasteiger charge is -2.36. The van der Waals surface area contributed by atoms with Gasteiger partial charge in [0.25, 0.3) is 0 Å². The molecule has 2 nitrogen and oxygen atoms in total. The number of likely N-dealkylation sites (tertiary alicyclic amines) is 1. The minimum absolute atomic E-state index is 0.0176. The number of nitriles is 1. The Balaban J connectivity index is 1.87. The van der Waals surface area contributed by atoms with Crippen LogP contribution in [0.3, 0.4) is 0 Å². The fourth-order valence-corrected chi connectivity index (χ4v) is 2.82. The molecule has 0 aromatic rings. The van der Waals surface area contributed by atoms with Gasteiger partial charge in [-0.25, -0.2) is 0 Å². The number of nitrogens with zero attached hydrogens (tertiary/aromatic N) is 2. The van der Waals surface area contributed by atoms with Gasteiger partial charge in [-0.05, 0) is 58.5 Å². The van der Waals surface area contributed by atoms with Crippen molar-refractivity contribution in [3.63, 3.8) is 0 Å². The van der Waals surface area contributed by atoms with Crippen molar-refractivity contribution >= 4 is 0 Å². The SMILES string of the molecule is CC1(C#N)CCC(N2CCCC2)CC1. The van der Waals surface area contributed by atoms with E-state index in [2.05, 4.69) is 17.9 Å². The Labute approximate surface area is 86.9 Å². The molecule has 0 atom stereocenters. The minimum Gasteiger partial charge on any atom is -0.300 e. The van der Waals surface area contributed by atoms with E-state index in [9.17, 15) is 0 Å². The maximum absolute atomic E-state index is 9.04. The van der Waals surface area contributed by atoms with Gasteiger partial charge in [-0.1, -0.05) is 0 Å². The van der Waals surface area contributed by atoms with Gasteiger partial charge in [0.05, 0.1) is 11.5 Å². The van der Waals surface area contributed by atoms with E-state index < -0.39 is 0 Å². The van der Waals surface area contributed by atoms with E-state index in [1.54, 1.807) is 0 Å². The molecule has 0 spiro atoms. The number of rotatable bonds is 1. The predicted molar refractivity (Wildman–Crippen MR) is 56.8 cm³/mol. The van der Waals surface area contributed by atoms with Crippen molar-refractivity contribution in [1.82, 2.24) is 4.90 Å². The molecule has 1 heterocycles. The Morgan fingerprint density at radius 3 is 2.29 bits per heavy atom. The summed E-state index contributed by atoms with van der Waals surface area (Å²) in [4.78, 5) is 2.64. The second kappa shape index (κ2) is 3.90. The summed E-state index contributed by atoms with van der Waals surface area (Å²) >= 11 is 0. The molecule has 0 N–H and O–H groups in total. The lowest BCUT2D eigenvalue weighted by molar-refractivity contribution is 0.145. The first-order valence-corrected chi connectivity index (χ1v) is 5.89. The standard InChI is InChI=1S/C12H20N2/c1-12(10-13)6-4-11(5-7-12)14-8-2-3-9-14/h11H,2-9H2,1H3. The first-order chi connectivity index (χ1) is 6.73. The van der Waals surface area contributed by atoms with Crippen LogP contribution < -0.4 is 0 Å². The van der Waals surface area contributed by atoms with Gasteiger partial charge in [-0.15, -0.1) is 0 Å². The third-order valence-corrected chi connectivity index (χ3v) is 3.99. The zero-order valence-electron chi connectivity index (χ0n) is 9.13. The smallest absolute Gasteiger partial charge is 0.0686 e. The second-order valence-electron chi connectivity index (χ2n) is 5.15. The molecule has 1 saturated carbocycles. The first kappa shape index (κ1) is 9.98. The molecule has 0 radical (unpaired) electrons. The third kappa shape index (κ3) is 1.93. The molecular weight excluding hydrogens is 172 g/mol. The summed E-state index contributed by atoms with van der Waals surface area (Å²) in [5.74, 6) is 0. The van der Waals surface area contributed by atoms with Crippen LogP contribution in [-0.4, -0.2) is 24.0 Å². The lowest BCUT2D eigenvalue weighted by atomic mass is 9.75. The van der Waals surface area contributed by atoms with Crippen LogP contribution >= 0.6 is 0 Å². The Hall–Kier alpha value is -0.550. The summed E-state index contributed by atoms with van der Waals surface area (Å²) in [5, 5.41) is 9.04. The predicted octanol–water partition coefficient (Wildman–Crippen LogP) is 2.55. The van der Waals surface area contributed by atoms with Crippen LogP contribution in [0.25, 0.3) is 0 Å². The molecule has 1 saturated heterocycles. The summed E-state index contributed by atoms with van der Waals surface area (Å²) in [6.07, 6.45) is 7.45. The zero-order chi connectivity index (χ0) is 10.0. The van der Waals surface area contributed by atoms with Crippen molar-refractivity contribution in [3.8, 4) is 6.07 Å². The van der Waals surface area contributed by atoms with Crippen LogP contribution in [0.4, 0.5) is 0 Å². The monoisotopic (exact) mass is 192 g/mol. The highest BCUT2D eigenvalue weighted by atomic mass is 15.2. The van der Waals surface area contributed by atoms with E-state index in [4.69, 9.17) is 5.26 Å². The molecule has 78 valence electrons. The van der Waals surface area contributed by atoms with E-state index in [1.807, 2.05) is 0 Å². The van der Waals surface area contributed by atoms with Gasteiger partial charge in [0, 0.05) is 6.04 Å². The molecule has 1 aliphatic heterocycles. The molecule has 2 rings (SSSR count). The van der Waals surface area contributed by atoms with Gasteiger partial charge in [-0.3, -0.25) is 0 Å². The van der Waals surface area contributed by atoms with Crippen LogP contribution in [0.15, 0.2) is 0 Å². The Kier molecular flexibility index (Phi) is 2.78. The van der Waals surface area contributed by atoms with E-state index >= 15 is 0 Å². The van der Waals surface area contributed by atoms with E-state index in [0.29, 0.717) is 0 Å². The summed E-state index contributed by atoms with van der Waals surface area (Å²) in [6.45, 7) is 4.72. The van der Waals surface area contributed by atoms with Gasteiger partial charge in [0.15, 0.2) is 0 Å².